The van der Waals surface area contributed by atoms with Crippen LogP contribution in [0.1, 0.15) is 32.6 Å². The van der Waals surface area contributed by atoms with Crippen LogP contribution in [0.3, 0.4) is 0 Å². The maximum absolute atomic E-state index is 12.5. The lowest BCUT2D eigenvalue weighted by atomic mass is 9.79. The van der Waals surface area contributed by atoms with E-state index in [4.69, 9.17) is 9.47 Å². The van der Waals surface area contributed by atoms with Crippen LogP contribution in [-0.2, 0) is 14.3 Å². The number of nitrogens with one attached hydrogen (secondary N) is 1. The SMILES string of the molecule is CCOC(=O)C1(Nc2cccc(Br)c2)CCCC(OC)C1. The van der Waals surface area contributed by atoms with Crippen molar-refractivity contribution in [3.63, 3.8) is 0 Å². The van der Waals surface area contributed by atoms with Crippen molar-refractivity contribution in [1.29, 1.82) is 0 Å². The molecule has 1 aliphatic rings. The number of esters is 1. The molecule has 1 aromatic carbocycles. The zero-order chi connectivity index (χ0) is 15.3. The Labute approximate surface area is 134 Å². The number of carbonyl (C=O) groups is 1. The van der Waals surface area contributed by atoms with E-state index in [1.165, 1.54) is 0 Å². The number of methoxy groups -OCH3 is 1. The standard InChI is InChI=1S/C16H22BrNO3/c1-3-21-15(19)16(9-5-8-14(11-16)20-2)18-13-7-4-6-12(17)10-13/h4,6-7,10,14,18H,3,5,8-9,11H2,1-2H3. The number of anilines is 1. The van der Waals surface area contributed by atoms with E-state index in [-0.39, 0.29) is 12.1 Å². The molecule has 2 unspecified atom stereocenters. The molecule has 0 amide bonds. The molecule has 0 heterocycles. The minimum Gasteiger partial charge on any atom is -0.464 e. The molecule has 0 aliphatic heterocycles. The molecule has 1 aromatic rings. The average Bonchev–Trinajstić information content (AvgIpc) is 2.47. The third-order valence-electron chi connectivity index (χ3n) is 3.91. The summed E-state index contributed by atoms with van der Waals surface area (Å²) in [5, 5.41) is 3.40. The van der Waals surface area contributed by atoms with Gasteiger partial charge in [-0.1, -0.05) is 22.0 Å². The molecule has 0 radical (unpaired) electrons. The average molecular weight is 356 g/mol. The van der Waals surface area contributed by atoms with Gasteiger partial charge >= 0.3 is 5.97 Å². The molecule has 1 N–H and O–H groups in total. The van der Waals surface area contributed by atoms with Gasteiger partial charge in [-0.15, -0.1) is 0 Å². The van der Waals surface area contributed by atoms with Crippen molar-refractivity contribution >= 4 is 27.6 Å². The van der Waals surface area contributed by atoms with Crippen molar-refractivity contribution in [2.24, 2.45) is 0 Å². The summed E-state index contributed by atoms with van der Waals surface area (Å²) in [6.45, 7) is 2.22. The van der Waals surface area contributed by atoms with Crippen molar-refractivity contribution < 1.29 is 14.3 Å². The van der Waals surface area contributed by atoms with Crippen LogP contribution in [-0.4, -0.2) is 31.3 Å². The summed E-state index contributed by atoms with van der Waals surface area (Å²) in [4.78, 5) is 12.5. The van der Waals surface area contributed by atoms with Gasteiger partial charge in [-0.2, -0.15) is 0 Å². The molecule has 5 heteroatoms. The molecular weight excluding hydrogens is 334 g/mol. The first-order valence-corrected chi connectivity index (χ1v) is 8.12. The second kappa shape index (κ2) is 7.27. The van der Waals surface area contributed by atoms with Crippen LogP contribution < -0.4 is 5.32 Å². The molecule has 1 fully saturated rings. The quantitative estimate of drug-likeness (QED) is 0.817. The fourth-order valence-corrected chi connectivity index (χ4v) is 3.29. The number of carbonyl (C=O) groups excluding carboxylic acids is 1. The van der Waals surface area contributed by atoms with E-state index in [1.807, 2.05) is 31.2 Å². The monoisotopic (exact) mass is 355 g/mol. The van der Waals surface area contributed by atoms with Gasteiger partial charge in [0.1, 0.15) is 5.54 Å². The molecule has 0 saturated heterocycles. The van der Waals surface area contributed by atoms with Crippen LogP contribution in [0.5, 0.6) is 0 Å². The summed E-state index contributed by atoms with van der Waals surface area (Å²) in [6.07, 6.45) is 3.41. The van der Waals surface area contributed by atoms with Crippen LogP contribution in [0.4, 0.5) is 5.69 Å². The Morgan fingerprint density at radius 1 is 1.52 bits per heavy atom. The minimum absolute atomic E-state index is 0.0859. The number of halogens is 1. The summed E-state index contributed by atoms with van der Waals surface area (Å²) in [7, 11) is 1.70. The normalized spacial score (nSPS) is 25.4. The molecular formula is C16H22BrNO3. The summed E-state index contributed by atoms with van der Waals surface area (Å²) >= 11 is 3.46. The fourth-order valence-electron chi connectivity index (χ4n) is 2.89. The minimum atomic E-state index is -0.699. The van der Waals surface area contributed by atoms with Crippen LogP contribution in [0.2, 0.25) is 0 Å². The van der Waals surface area contributed by atoms with Crippen molar-refractivity contribution in [3.8, 4) is 0 Å². The summed E-state index contributed by atoms with van der Waals surface area (Å²) in [5.74, 6) is -0.188. The van der Waals surface area contributed by atoms with Crippen LogP contribution in [0.25, 0.3) is 0 Å². The smallest absolute Gasteiger partial charge is 0.331 e. The number of benzene rings is 1. The van der Waals surface area contributed by atoms with Gasteiger partial charge in [-0.05, 0) is 44.4 Å². The lowest BCUT2D eigenvalue weighted by molar-refractivity contribution is -0.151. The van der Waals surface area contributed by atoms with Crippen molar-refractivity contribution in [3.05, 3.63) is 28.7 Å². The molecule has 0 spiro atoms. The highest BCUT2D eigenvalue weighted by Gasteiger charge is 2.44. The molecule has 0 bridgehead atoms. The lowest BCUT2D eigenvalue weighted by Gasteiger charge is -2.39. The fraction of sp³-hybridized carbons (Fsp3) is 0.562. The highest BCUT2D eigenvalue weighted by molar-refractivity contribution is 9.10. The summed E-state index contributed by atoms with van der Waals surface area (Å²) < 4.78 is 11.8. The lowest BCUT2D eigenvalue weighted by Crippen LogP contribution is -2.52. The summed E-state index contributed by atoms with van der Waals surface area (Å²) in [6, 6.07) is 7.84. The highest BCUT2D eigenvalue weighted by atomic mass is 79.9. The van der Waals surface area contributed by atoms with Gasteiger partial charge in [0.25, 0.3) is 0 Å². The molecule has 1 aliphatic carbocycles. The molecule has 116 valence electrons. The molecule has 0 aromatic heterocycles. The predicted molar refractivity (Wildman–Crippen MR) is 86.4 cm³/mol. The van der Waals surface area contributed by atoms with E-state index in [1.54, 1.807) is 7.11 Å². The Kier molecular flexibility index (Phi) is 5.65. The number of hydrogen-bond acceptors (Lipinski definition) is 4. The third kappa shape index (κ3) is 3.98. The van der Waals surface area contributed by atoms with Gasteiger partial charge < -0.3 is 14.8 Å². The second-order valence-electron chi connectivity index (χ2n) is 5.39. The Bertz CT molecular complexity index is 494. The first-order valence-electron chi connectivity index (χ1n) is 7.33. The van der Waals surface area contributed by atoms with Gasteiger partial charge in [0.15, 0.2) is 0 Å². The Hall–Kier alpha value is -1.07. The van der Waals surface area contributed by atoms with E-state index >= 15 is 0 Å². The van der Waals surface area contributed by atoms with Crippen molar-refractivity contribution in [2.75, 3.05) is 19.0 Å². The molecule has 1 saturated carbocycles. The maximum atomic E-state index is 12.5. The second-order valence-corrected chi connectivity index (χ2v) is 6.31. The van der Waals surface area contributed by atoms with E-state index < -0.39 is 5.54 Å². The van der Waals surface area contributed by atoms with E-state index in [2.05, 4.69) is 21.2 Å². The number of ether oxygens (including phenoxy) is 2. The molecule has 4 nitrogen and oxygen atoms in total. The van der Waals surface area contributed by atoms with Crippen LogP contribution >= 0.6 is 15.9 Å². The molecule has 21 heavy (non-hydrogen) atoms. The van der Waals surface area contributed by atoms with E-state index in [9.17, 15) is 4.79 Å². The van der Waals surface area contributed by atoms with Crippen LogP contribution in [0.15, 0.2) is 28.7 Å². The first-order chi connectivity index (χ1) is 10.1. The van der Waals surface area contributed by atoms with E-state index in [0.717, 1.165) is 29.4 Å². The van der Waals surface area contributed by atoms with Gasteiger partial charge in [0, 0.05) is 23.7 Å². The van der Waals surface area contributed by atoms with Crippen molar-refractivity contribution in [1.82, 2.24) is 0 Å². The molecule has 2 atom stereocenters. The van der Waals surface area contributed by atoms with Crippen LogP contribution in [0, 0.1) is 0 Å². The Morgan fingerprint density at radius 3 is 3.00 bits per heavy atom. The summed E-state index contributed by atoms with van der Waals surface area (Å²) in [5.41, 5.74) is 0.213. The number of rotatable bonds is 5. The topological polar surface area (TPSA) is 47.6 Å². The van der Waals surface area contributed by atoms with Gasteiger partial charge in [-0.3, -0.25) is 0 Å². The predicted octanol–water partition coefficient (Wildman–Crippen LogP) is 3.75. The number of hydrogen-bond donors (Lipinski definition) is 1. The first kappa shape index (κ1) is 16.3. The van der Waals surface area contributed by atoms with E-state index in [0.29, 0.717) is 13.0 Å². The Morgan fingerprint density at radius 2 is 2.33 bits per heavy atom. The maximum Gasteiger partial charge on any atom is 0.331 e. The van der Waals surface area contributed by atoms with Gasteiger partial charge in [-0.25, -0.2) is 4.79 Å². The largest absolute Gasteiger partial charge is 0.464 e. The van der Waals surface area contributed by atoms with Gasteiger partial charge in [0.2, 0.25) is 0 Å². The molecule has 2 rings (SSSR count). The van der Waals surface area contributed by atoms with Crippen molar-refractivity contribution in [2.45, 2.75) is 44.2 Å². The zero-order valence-corrected chi connectivity index (χ0v) is 14.1. The third-order valence-corrected chi connectivity index (χ3v) is 4.41. The zero-order valence-electron chi connectivity index (χ0n) is 12.5. The van der Waals surface area contributed by atoms with Gasteiger partial charge in [0.05, 0.1) is 12.7 Å². The Balaban J connectivity index is 2.25. The highest BCUT2D eigenvalue weighted by Crippen LogP contribution is 2.34.